The van der Waals surface area contributed by atoms with Crippen LogP contribution in [0.1, 0.15) is 12.1 Å². The molecule has 0 saturated carbocycles. The minimum atomic E-state index is -0.460. The third kappa shape index (κ3) is 2.81. The molecule has 1 aromatic rings. The number of carbonyl (C=O) groups excluding carboxylic acids is 1. The van der Waals surface area contributed by atoms with Gasteiger partial charge in [0.15, 0.2) is 0 Å². The molecule has 0 bridgehead atoms. The summed E-state index contributed by atoms with van der Waals surface area (Å²) in [6.07, 6.45) is 4.98. The van der Waals surface area contributed by atoms with Crippen molar-refractivity contribution in [3.8, 4) is 0 Å². The normalized spacial score (nSPS) is 15.9. The molecule has 0 aliphatic carbocycles. The number of pyridine rings is 1. The van der Waals surface area contributed by atoms with Gasteiger partial charge in [0.05, 0.1) is 16.8 Å². The Morgan fingerprint density at radius 1 is 1.50 bits per heavy atom. The summed E-state index contributed by atoms with van der Waals surface area (Å²) < 4.78 is 0. The van der Waals surface area contributed by atoms with Gasteiger partial charge in [0.25, 0.3) is 13.1 Å². The van der Waals surface area contributed by atoms with Crippen LogP contribution in [0.15, 0.2) is 24.4 Å². The molecule has 0 radical (unpaired) electrons. The summed E-state index contributed by atoms with van der Waals surface area (Å²) in [5.41, 5.74) is 1.84. The molecule has 0 spiro atoms. The lowest BCUT2D eigenvalue weighted by molar-refractivity contribution is -0.385. The summed E-state index contributed by atoms with van der Waals surface area (Å²) in [4.78, 5) is 26.6. The van der Waals surface area contributed by atoms with Gasteiger partial charge in [-0.05, 0) is 24.6 Å². The van der Waals surface area contributed by atoms with Crippen molar-refractivity contribution in [1.82, 2.24) is 9.79 Å². The summed E-state index contributed by atoms with van der Waals surface area (Å²) in [5, 5.41) is 10.5. The summed E-state index contributed by atoms with van der Waals surface area (Å²) >= 11 is 0. The predicted molar refractivity (Wildman–Crippen MR) is 69.0 cm³/mol. The Bertz CT molecular complexity index is 487. The predicted octanol–water partition coefficient (Wildman–Crippen LogP) is 0.621. The van der Waals surface area contributed by atoms with Crippen LogP contribution in [0.3, 0.4) is 0 Å². The topological polar surface area (TPSA) is 76.3 Å². The van der Waals surface area contributed by atoms with Crippen LogP contribution in [0.25, 0.3) is 5.57 Å². The molecular weight excluding hydrogens is 233 g/mol. The van der Waals surface area contributed by atoms with E-state index in [4.69, 9.17) is 0 Å². The van der Waals surface area contributed by atoms with Gasteiger partial charge in [0, 0.05) is 12.6 Å². The third-order valence-electron chi connectivity index (χ3n) is 2.91. The average Bonchev–Trinajstić information content (AvgIpc) is 2.40. The molecule has 2 heterocycles. The number of aromatic nitrogens is 1. The lowest BCUT2D eigenvalue weighted by atomic mass is 9.90. The van der Waals surface area contributed by atoms with Gasteiger partial charge in [-0.1, -0.05) is 6.08 Å². The Labute approximate surface area is 105 Å². The highest BCUT2D eigenvalue weighted by Crippen LogP contribution is 2.21. The minimum absolute atomic E-state index is 0.00209. The van der Waals surface area contributed by atoms with Gasteiger partial charge >= 0.3 is 0 Å². The van der Waals surface area contributed by atoms with E-state index in [1.54, 1.807) is 6.07 Å². The van der Waals surface area contributed by atoms with E-state index < -0.39 is 4.92 Å². The second kappa shape index (κ2) is 5.55. The molecule has 2 rings (SSSR count). The molecular formula is C11H12BN3O3. The first-order valence-corrected chi connectivity index (χ1v) is 5.66. The molecule has 0 N–H and O–H groups in total. The molecule has 0 atom stereocenters. The van der Waals surface area contributed by atoms with Crippen molar-refractivity contribution in [2.45, 2.75) is 6.42 Å². The zero-order valence-corrected chi connectivity index (χ0v) is 9.78. The lowest BCUT2D eigenvalue weighted by Gasteiger charge is -2.23. The van der Waals surface area contributed by atoms with Crippen molar-refractivity contribution in [3.63, 3.8) is 0 Å². The van der Waals surface area contributed by atoms with Crippen molar-refractivity contribution in [3.05, 3.63) is 40.2 Å². The molecule has 0 amide bonds. The molecule has 1 aromatic heterocycles. The fourth-order valence-corrected chi connectivity index (χ4v) is 1.90. The largest absolute Gasteiger partial charge is 0.335 e. The Morgan fingerprint density at radius 3 is 2.83 bits per heavy atom. The maximum atomic E-state index is 10.5. The molecule has 18 heavy (non-hydrogen) atoms. The Hall–Kier alpha value is -2.02. The van der Waals surface area contributed by atoms with Crippen molar-refractivity contribution >= 4 is 24.9 Å². The zero-order chi connectivity index (χ0) is 13.0. The molecule has 0 fully saturated rings. The van der Waals surface area contributed by atoms with E-state index in [2.05, 4.69) is 4.98 Å². The van der Waals surface area contributed by atoms with Gasteiger partial charge in [-0.15, -0.1) is 0 Å². The fourth-order valence-electron chi connectivity index (χ4n) is 1.90. The third-order valence-corrected chi connectivity index (χ3v) is 2.91. The Kier molecular flexibility index (Phi) is 3.83. The van der Waals surface area contributed by atoms with E-state index in [9.17, 15) is 14.9 Å². The monoisotopic (exact) mass is 245 g/mol. The van der Waals surface area contributed by atoms with Crippen molar-refractivity contribution in [2.24, 2.45) is 0 Å². The van der Waals surface area contributed by atoms with Gasteiger partial charge in [0.2, 0.25) is 0 Å². The highest BCUT2D eigenvalue weighted by atomic mass is 16.6. The highest BCUT2D eigenvalue weighted by molar-refractivity contribution is 6.64. The zero-order valence-electron chi connectivity index (χ0n) is 9.78. The van der Waals surface area contributed by atoms with Gasteiger partial charge in [0.1, 0.15) is 6.20 Å². The van der Waals surface area contributed by atoms with Gasteiger partial charge in [-0.2, -0.15) is 0 Å². The number of nitro groups is 1. The number of nitrogens with zero attached hydrogens (tertiary/aromatic N) is 3. The van der Waals surface area contributed by atoms with Crippen LogP contribution in [0.5, 0.6) is 0 Å². The van der Waals surface area contributed by atoms with E-state index in [0.717, 1.165) is 30.4 Å². The number of rotatable bonds is 4. The quantitative estimate of drug-likeness (QED) is 0.336. The van der Waals surface area contributed by atoms with Crippen LogP contribution in [0, 0.1) is 10.1 Å². The summed E-state index contributed by atoms with van der Waals surface area (Å²) in [5.74, 6) is 0. The van der Waals surface area contributed by atoms with Crippen LogP contribution in [-0.4, -0.2) is 41.4 Å². The summed E-state index contributed by atoms with van der Waals surface area (Å²) in [7, 11) is 0.442. The molecule has 7 heteroatoms. The van der Waals surface area contributed by atoms with E-state index in [-0.39, 0.29) is 5.69 Å². The molecule has 0 saturated heterocycles. The second-order valence-electron chi connectivity index (χ2n) is 4.06. The first-order valence-electron chi connectivity index (χ1n) is 5.66. The first kappa shape index (κ1) is 12.4. The highest BCUT2D eigenvalue weighted by Gasteiger charge is 2.14. The summed E-state index contributed by atoms with van der Waals surface area (Å²) in [6.45, 7) is 1.52. The summed E-state index contributed by atoms with van der Waals surface area (Å²) in [6, 6.07) is 3.13. The Balaban J connectivity index is 2.08. The van der Waals surface area contributed by atoms with Crippen LogP contribution in [0.2, 0.25) is 0 Å². The lowest BCUT2D eigenvalue weighted by Crippen LogP contribution is -2.32. The number of carbonyl (C=O) groups is 1. The SMILES string of the molecule is O=CBN1CC=C(c2ccc([N+](=O)[O-])cn2)CC1. The van der Waals surface area contributed by atoms with Crippen LogP contribution >= 0.6 is 0 Å². The minimum Gasteiger partial charge on any atom is -0.335 e. The molecule has 6 nitrogen and oxygen atoms in total. The first-order chi connectivity index (χ1) is 8.70. The Morgan fingerprint density at radius 2 is 2.33 bits per heavy atom. The molecule has 0 unspecified atom stereocenters. The fraction of sp³-hybridized carbons (Fsp3) is 0.273. The van der Waals surface area contributed by atoms with E-state index in [1.807, 2.05) is 10.9 Å². The van der Waals surface area contributed by atoms with E-state index >= 15 is 0 Å². The van der Waals surface area contributed by atoms with Crippen LogP contribution in [0.4, 0.5) is 5.69 Å². The van der Waals surface area contributed by atoms with E-state index in [0.29, 0.717) is 14.0 Å². The average molecular weight is 245 g/mol. The maximum absolute atomic E-state index is 10.5. The van der Waals surface area contributed by atoms with Gasteiger partial charge in [-0.3, -0.25) is 10.1 Å². The van der Waals surface area contributed by atoms with Crippen LogP contribution in [-0.2, 0) is 4.79 Å². The van der Waals surface area contributed by atoms with Gasteiger partial charge in [-0.25, -0.2) is 4.98 Å². The molecule has 0 aromatic carbocycles. The number of hydrogen-bond donors (Lipinski definition) is 0. The van der Waals surface area contributed by atoms with Crippen LogP contribution < -0.4 is 0 Å². The number of hydrogen-bond acceptors (Lipinski definition) is 5. The molecule has 92 valence electrons. The standard InChI is InChI=1S/C11H12BN3O3/c16-8-12-14-5-3-9(4-6-14)11-2-1-10(7-13-11)15(17)18/h1-3,7-8,12H,4-6H2. The molecule has 1 aliphatic heterocycles. The van der Waals surface area contributed by atoms with Crippen molar-refractivity contribution < 1.29 is 9.72 Å². The smallest absolute Gasteiger partial charge is 0.287 e. The maximum Gasteiger partial charge on any atom is 0.287 e. The van der Waals surface area contributed by atoms with E-state index in [1.165, 1.54) is 12.3 Å². The van der Waals surface area contributed by atoms with Crippen molar-refractivity contribution in [2.75, 3.05) is 13.1 Å². The van der Waals surface area contributed by atoms with Gasteiger partial charge < -0.3 is 9.61 Å². The second-order valence-corrected chi connectivity index (χ2v) is 4.06. The van der Waals surface area contributed by atoms with Crippen molar-refractivity contribution in [1.29, 1.82) is 0 Å². The molecule has 1 aliphatic rings.